The largest absolute Gasteiger partial charge is 0.490 e. The molecule has 0 fully saturated rings. The Bertz CT molecular complexity index is 1570. The van der Waals surface area contributed by atoms with Crippen molar-refractivity contribution in [2.75, 3.05) is 18.5 Å². The summed E-state index contributed by atoms with van der Waals surface area (Å²) in [5, 5.41) is 6.91. The Hall–Kier alpha value is -4.63. The van der Waals surface area contributed by atoms with Gasteiger partial charge in [0, 0.05) is 11.3 Å². The van der Waals surface area contributed by atoms with E-state index in [4.69, 9.17) is 14.2 Å². The maximum absolute atomic E-state index is 12.7. The highest BCUT2D eigenvalue weighted by atomic mass is 79.9. The summed E-state index contributed by atoms with van der Waals surface area (Å²) in [5.41, 5.74) is 7.64. The molecule has 9 heteroatoms. The second kappa shape index (κ2) is 14.8. The standard InChI is InChI=1S/C33H32BrN3O5/c1-4-40-31-18-26(12-15-30(31)41-20-24-8-6-5-7-9-24)33(39)37-35-19-25-11-14-29(28(34)17-25)42-21-32(38)36-27-13-10-22(2)23(3)16-27/h5-19H,4,20-21H2,1-3H3,(H,36,38)(H,37,39)/b35-19+. The molecule has 0 atom stereocenters. The van der Waals surface area contributed by atoms with Crippen molar-refractivity contribution in [1.29, 1.82) is 0 Å². The van der Waals surface area contributed by atoms with Crippen LogP contribution in [0.4, 0.5) is 5.69 Å². The van der Waals surface area contributed by atoms with Crippen molar-refractivity contribution in [3.8, 4) is 17.2 Å². The quantitative estimate of drug-likeness (QED) is 0.132. The number of halogens is 1. The van der Waals surface area contributed by atoms with E-state index >= 15 is 0 Å². The number of hydrogen-bond donors (Lipinski definition) is 2. The average Bonchev–Trinajstić information content (AvgIpc) is 2.98. The van der Waals surface area contributed by atoms with Gasteiger partial charge in [-0.05, 0) is 107 Å². The highest BCUT2D eigenvalue weighted by Gasteiger charge is 2.12. The Morgan fingerprint density at radius 3 is 2.36 bits per heavy atom. The number of benzene rings is 4. The van der Waals surface area contributed by atoms with Gasteiger partial charge in [0.2, 0.25) is 0 Å². The van der Waals surface area contributed by atoms with E-state index in [1.165, 1.54) is 6.21 Å². The molecule has 0 unspecified atom stereocenters. The van der Waals surface area contributed by atoms with Gasteiger partial charge < -0.3 is 19.5 Å². The van der Waals surface area contributed by atoms with Crippen LogP contribution in [0.15, 0.2) is 94.5 Å². The maximum atomic E-state index is 12.7. The molecule has 42 heavy (non-hydrogen) atoms. The molecule has 4 aromatic rings. The van der Waals surface area contributed by atoms with Crippen molar-refractivity contribution >= 4 is 39.6 Å². The van der Waals surface area contributed by atoms with Crippen molar-refractivity contribution in [3.05, 3.63) is 117 Å². The summed E-state index contributed by atoms with van der Waals surface area (Å²) in [6.45, 7) is 6.55. The molecule has 0 saturated carbocycles. The van der Waals surface area contributed by atoms with Gasteiger partial charge in [-0.1, -0.05) is 36.4 Å². The van der Waals surface area contributed by atoms with E-state index in [0.29, 0.717) is 46.1 Å². The Labute approximate surface area is 253 Å². The van der Waals surface area contributed by atoms with Crippen molar-refractivity contribution in [3.63, 3.8) is 0 Å². The first-order chi connectivity index (χ1) is 20.3. The lowest BCUT2D eigenvalue weighted by molar-refractivity contribution is -0.118. The van der Waals surface area contributed by atoms with Crippen LogP contribution in [0.1, 0.15) is 39.5 Å². The predicted molar refractivity (Wildman–Crippen MR) is 168 cm³/mol. The van der Waals surface area contributed by atoms with Crippen LogP contribution in [0.5, 0.6) is 17.2 Å². The fourth-order valence-electron chi connectivity index (χ4n) is 3.88. The average molecular weight is 631 g/mol. The number of nitrogens with one attached hydrogen (secondary N) is 2. The molecule has 0 aliphatic rings. The molecule has 4 aromatic carbocycles. The summed E-state index contributed by atoms with van der Waals surface area (Å²) < 4.78 is 17.9. The van der Waals surface area contributed by atoms with Gasteiger partial charge >= 0.3 is 0 Å². The number of nitrogens with zero attached hydrogens (tertiary/aromatic N) is 1. The third kappa shape index (κ3) is 8.68. The highest BCUT2D eigenvalue weighted by molar-refractivity contribution is 9.10. The predicted octanol–water partition coefficient (Wildman–Crippen LogP) is 6.83. The molecule has 0 heterocycles. The Kier molecular flexibility index (Phi) is 10.7. The summed E-state index contributed by atoms with van der Waals surface area (Å²) in [7, 11) is 0. The molecular weight excluding hydrogens is 598 g/mol. The summed E-state index contributed by atoms with van der Waals surface area (Å²) in [6.07, 6.45) is 1.51. The molecule has 0 radical (unpaired) electrons. The molecule has 0 spiro atoms. The summed E-state index contributed by atoms with van der Waals surface area (Å²) >= 11 is 3.46. The number of carbonyl (C=O) groups excluding carboxylic acids is 2. The molecule has 4 rings (SSSR count). The molecule has 0 aliphatic carbocycles. The van der Waals surface area contributed by atoms with E-state index in [1.54, 1.807) is 36.4 Å². The lowest BCUT2D eigenvalue weighted by Gasteiger charge is -2.13. The topological polar surface area (TPSA) is 98.3 Å². The number of hydrazone groups is 1. The first-order valence-electron chi connectivity index (χ1n) is 13.4. The third-order valence-corrected chi connectivity index (χ3v) is 6.85. The SMILES string of the molecule is CCOc1cc(C(=O)N/N=C/c2ccc(OCC(=O)Nc3ccc(C)c(C)c3)c(Br)c2)ccc1OCc1ccccc1. The molecule has 0 aromatic heterocycles. The second-order valence-electron chi connectivity index (χ2n) is 9.39. The van der Waals surface area contributed by atoms with Crippen molar-refractivity contribution in [2.45, 2.75) is 27.4 Å². The minimum Gasteiger partial charge on any atom is -0.490 e. The van der Waals surface area contributed by atoms with Gasteiger partial charge in [0.1, 0.15) is 12.4 Å². The van der Waals surface area contributed by atoms with E-state index in [-0.39, 0.29) is 12.5 Å². The number of rotatable bonds is 12. The van der Waals surface area contributed by atoms with Gasteiger partial charge in [-0.25, -0.2) is 5.43 Å². The minimum absolute atomic E-state index is 0.144. The van der Waals surface area contributed by atoms with Gasteiger partial charge in [0.05, 0.1) is 17.3 Å². The molecule has 2 amide bonds. The van der Waals surface area contributed by atoms with Crippen LogP contribution in [-0.4, -0.2) is 31.2 Å². The van der Waals surface area contributed by atoms with Gasteiger partial charge in [-0.2, -0.15) is 5.10 Å². The lowest BCUT2D eigenvalue weighted by Crippen LogP contribution is -2.20. The van der Waals surface area contributed by atoms with E-state index in [1.807, 2.05) is 69.3 Å². The molecule has 0 aliphatic heterocycles. The van der Waals surface area contributed by atoms with Crippen LogP contribution in [-0.2, 0) is 11.4 Å². The van der Waals surface area contributed by atoms with Crippen molar-refractivity contribution < 1.29 is 23.8 Å². The zero-order valence-electron chi connectivity index (χ0n) is 23.6. The smallest absolute Gasteiger partial charge is 0.271 e. The molecule has 2 N–H and O–H groups in total. The van der Waals surface area contributed by atoms with Crippen LogP contribution in [0.2, 0.25) is 0 Å². The van der Waals surface area contributed by atoms with E-state index in [2.05, 4.69) is 31.8 Å². The van der Waals surface area contributed by atoms with Crippen LogP contribution in [0.25, 0.3) is 0 Å². The van der Waals surface area contributed by atoms with Crippen molar-refractivity contribution in [2.24, 2.45) is 5.10 Å². The van der Waals surface area contributed by atoms with Crippen molar-refractivity contribution in [1.82, 2.24) is 5.43 Å². The number of carbonyl (C=O) groups is 2. The summed E-state index contributed by atoms with van der Waals surface area (Å²) in [6, 6.07) is 25.8. The molecule has 216 valence electrons. The number of amides is 2. The van der Waals surface area contributed by atoms with Crippen LogP contribution >= 0.6 is 15.9 Å². The second-order valence-corrected chi connectivity index (χ2v) is 10.2. The van der Waals surface area contributed by atoms with Crippen LogP contribution in [0, 0.1) is 13.8 Å². The monoisotopic (exact) mass is 629 g/mol. The third-order valence-electron chi connectivity index (χ3n) is 6.23. The van der Waals surface area contributed by atoms with Crippen LogP contribution < -0.4 is 25.0 Å². The zero-order valence-corrected chi connectivity index (χ0v) is 25.2. The summed E-state index contributed by atoms with van der Waals surface area (Å²) in [5.74, 6) is 0.879. The molecule has 0 saturated heterocycles. The number of ether oxygens (including phenoxy) is 3. The fourth-order valence-corrected chi connectivity index (χ4v) is 4.39. The van der Waals surface area contributed by atoms with E-state index in [9.17, 15) is 9.59 Å². The van der Waals surface area contributed by atoms with Gasteiger partial charge in [0.15, 0.2) is 18.1 Å². The normalized spacial score (nSPS) is 10.8. The molecular formula is C33H32BrN3O5. The first-order valence-corrected chi connectivity index (χ1v) is 14.2. The van der Waals surface area contributed by atoms with Crippen LogP contribution in [0.3, 0.4) is 0 Å². The van der Waals surface area contributed by atoms with Gasteiger partial charge in [0.25, 0.3) is 11.8 Å². The highest BCUT2D eigenvalue weighted by Crippen LogP contribution is 2.29. The lowest BCUT2D eigenvalue weighted by atomic mass is 10.1. The maximum Gasteiger partial charge on any atom is 0.271 e. The number of aryl methyl sites for hydroxylation is 2. The molecule has 0 bridgehead atoms. The number of hydrogen-bond acceptors (Lipinski definition) is 6. The van der Waals surface area contributed by atoms with E-state index < -0.39 is 5.91 Å². The van der Waals surface area contributed by atoms with E-state index in [0.717, 1.165) is 22.4 Å². The number of anilines is 1. The molecule has 8 nitrogen and oxygen atoms in total. The van der Waals surface area contributed by atoms with Gasteiger partial charge in [-0.3, -0.25) is 9.59 Å². The first kappa shape index (κ1) is 30.3. The Balaban J connectivity index is 1.30. The minimum atomic E-state index is -0.393. The van der Waals surface area contributed by atoms with Gasteiger partial charge in [-0.15, -0.1) is 0 Å². The fraction of sp³-hybridized carbons (Fsp3) is 0.182. The Morgan fingerprint density at radius 2 is 1.62 bits per heavy atom. The zero-order chi connectivity index (χ0) is 29.9. The Morgan fingerprint density at radius 1 is 0.833 bits per heavy atom. The summed E-state index contributed by atoms with van der Waals surface area (Å²) in [4.78, 5) is 25.1.